The lowest BCUT2D eigenvalue weighted by Gasteiger charge is -2.20. The van der Waals surface area contributed by atoms with Crippen LogP contribution in [-0.4, -0.2) is 18.7 Å². The van der Waals surface area contributed by atoms with Gasteiger partial charge in [-0.3, -0.25) is 10.6 Å². The molecule has 5 N–H and O–H groups in total. The van der Waals surface area contributed by atoms with Crippen molar-refractivity contribution in [2.24, 2.45) is 11.8 Å². The molecule has 0 saturated carbocycles. The lowest BCUT2D eigenvalue weighted by atomic mass is 9.93. The minimum atomic E-state index is -0.405. The number of esters is 1. The quantitative estimate of drug-likeness (QED) is 0.336. The second-order valence-electron chi connectivity index (χ2n) is 4.10. The molecule has 1 heterocycles. The molecule has 1 aliphatic rings. The Kier molecular flexibility index (Phi) is 4.27. The van der Waals surface area contributed by atoms with Gasteiger partial charge in [-0.25, -0.2) is 16.3 Å². The van der Waals surface area contributed by atoms with Gasteiger partial charge in [0.25, 0.3) is 0 Å². The highest BCUT2D eigenvalue weighted by Gasteiger charge is 2.42. The molecule has 0 radical (unpaired) electrons. The standard InChI is InChI=1S/C12H18N4O2/c1-2-18-12(17)9-10(15-16-11(9)14-13)8-6-4-3-5-7-8/h3-7,9-11,14-16H,2,13H2,1H3. The Hall–Kier alpha value is -1.47. The molecule has 0 spiro atoms. The van der Waals surface area contributed by atoms with Crippen molar-refractivity contribution in [3.63, 3.8) is 0 Å². The molecular weight excluding hydrogens is 232 g/mol. The van der Waals surface area contributed by atoms with Crippen LogP contribution in [0.5, 0.6) is 0 Å². The van der Waals surface area contributed by atoms with Crippen molar-refractivity contribution in [3.05, 3.63) is 35.9 Å². The Morgan fingerprint density at radius 3 is 2.72 bits per heavy atom. The monoisotopic (exact) mass is 250 g/mol. The van der Waals surface area contributed by atoms with E-state index >= 15 is 0 Å². The third-order valence-corrected chi connectivity index (χ3v) is 3.01. The van der Waals surface area contributed by atoms with E-state index in [1.165, 1.54) is 0 Å². The van der Waals surface area contributed by atoms with E-state index in [2.05, 4.69) is 16.3 Å². The summed E-state index contributed by atoms with van der Waals surface area (Å²) in [6.45, 7) is 2.14. The van der Waals surface area contributed by atoms with Crippen LogP contribution in [0.15, 0.2) is 30.3 Å². The van der Waals surface area contributed by atoms with Gasteiger partial charge in [-0.05, 0) is 12.5 Å². The van der Waals surface area contributed by atoms with Crippen molar-refractivity contribution >= 4 is 5.97 Å². The summed E-state index contributed by atoms with van der Waals surface area (Å²) < 4.78 is 5.10. The Morgan fingerprint density at radius 2 is 2.11 bits per heavy atom. The number of hydrogen-bond donors (Lipinski definition) is 4. The van der Waals surface area contributed by atoms with Crippen LogP contribution in [0.1, 0.15) is 18.5 Å². The van der Waals surface area contributed by atoms with Crippen molar-refractivity contribution < 1.29 is 9.53 Å². The zero-order valence-corrected chi connectivity index (χ0v) is 10.2. The number of rotatable bonds is 4. The van der Waals surface area contributed by atoms with E-state index in [4.69, 9.17) is 10.6 Å². The predicted octanol–water partition coefficient (Wildman–Crippen LogP) is -0.196. The van der Waals surface area contributed by atoms with E-state index in [1.54, 1.807) is 6.92 Å². The maximum atomic E-state index is 12.0. The van der Waals surface area contributed by atoms with Gasteiger partial charge in [0.2, 0.25) is 0 Å². The van der Waals surface area contributed by atoms with Crippen LogP contribution in [-0.2, 0) is 9.53 Å². The third kappa shape index (κ3) is 2.51. The summed E-state index contributed by atoms with van der Waals surface area (Å²) >= 11 is 0. The summed E-state index contributed by atoms with van der Waals surface area (Å²) in [4.78, 5) is 12.0. The fourth-order valence-corrected chi connectivity index (χ4v) is 2.16. The topological polar surface area (TPSA) is 88.4 Å². The van der Waals surface area contributed by atoms with Gasteiger partial charge in [0.05, 0.1) is 18.8 Å². The summed E-state index contributed by atoms with van der Waals surface area (Å²) in [5.74, 6) is 4.76. The second kappa shape index (κ2) is 5.92. The van der Waals surface area contributed by atoms with Crippen LogP contribution in [0.4, 0.5) is 0 Å². The number of nitrogens with two attached hydrogens (primary N) is 1. The average molecular weight is 250 g/mol. The summed E-state index contributed by atoms with van der Waals surface area (Å²) in [7, 11) is 0. The van der Waals surface area contributed by atoms with Gasteiger partial charge in [-0.2, -0.15) is 0 Å². The van der Waals surface area contributed by atoms with E-state index in [0.717, 1.165) is 5.56 Å². The highest BCUT2D eigenvalue weighted by Crippen LogP contribution is 2.28. The van der Waals surface area contributed by atoms with Gasteiger partial charge in [-0.1, -0.05) is 30.3 Å². The third-order valence-electron chi connectivity index (χ3n) is 3.01. The Morgan fingerprint density at radius 1 is 1.39 bits per heavy atom. The Labute approximate surface area is 106 Å². The SMILES string of the molecule is CCOC(=O)C1C(NN)NNC1c1ccccc1. The maximum absolute atomic E-state index is 12.0. The molecule has 1 saturated heterocycles. The summed E-state index contributed by atoms with van der Waals surface area (Å²) in [5.41, 5.74) is 9.62. The van der Waals surface area contributed by atoms with E-state index < -0.39 is 5.92 Å². The van der Waals surface area contributed by atoms with E-state index in [-0.39, 0.29) is 18.2 Å². The molecule has 3 unspecified atom stereocenters. The van der Waals surface area contributed by atoms with Crippen LogP contribution in [0.25, 0.3) is 0 Å². The molecule has 98 valence electrons. The van der Waals surface area contributed by atoms with Crippen LogP contribution >= 0.6 is 0 Å². The molecule has 0 bridgehead atoms. The summed E-state index contributed by atoms with van der Waals surface area (Å²) in [6, 6.07) is 9.57. The first kappa shape index (κ1) is 13.0. The first-order chi connectivity index (χ1) is 8.77. The number of hydrazine groups is 2. The molecule has 0 amide bonds. The zero-order valence-electron chi connectivity index (χ0n) is 10.2. The first-order valence-electron chi connectivity index (χ1n) is 5.96. The van der Waals surface area contributed by atoms with Crippen LogP contribution in [0, 0.1) is 5.92 Å². The lowest BCUT2D eigenvalue weighted by molar-refractivity contribution is -0.149. The van der Waals surface area contributed by atoms with Crippen molar-refractivity contribution in [1.29, 1.82) is 0 Å². The van der Waals surface area contributed by atoms with Gasteiger partial charge in [0.15, 0.2) is 0 Å². The molecule has 6 heteroatoms. The number of carbonyl (C=O) groups excluding carboxylic acids is 1. The number of carbonyl (C=O) groups is 1. The number of benzene rings is 1. The van der Waals surface area contributed by atoms with Crippen molar-refractivity contribution in [3.8, 4) is 0 Å². The fraction of sp³-hybridized carbons (Fsp3) is 0.417. The van der Waals surface area contributed by atoms with E-state index in [0.29, 0.717) is 6.61 Å². The number of ether oxygens (including phenoxy) is 1. The molecule has 6 nitrogen and oxygen atoms in total. The molecule has 1 fully saturated rings. The predicted molar refractivity (Wildman–Crippen MR) is 66.7 cm³/mol. The van der Waals surface area contributed by atoms with Crippen LogP contribution in [0.2, 0.25) is 0 Å². The Balaban J connectivity index is 2.21. The minimum absolute atomic E-state index is 0.161. The zero-order chi connectivity index (χ0) is 13.0. The van der Waals surface area contributed by atoms with Gasteiger partial charge < -0.3 is 4.74 Å². The molecule has 0 aromatic heterocycles. The molecule has 2 rings (SSSR count). The average Bonchev–Trinajstić information content (AvgIpc) is 2.84. The molecule has 18 heavy (non-hydrogen) atoms. The van der Waals surface area contributed by atoms with Gasteiger partial charge in [0, 0.05) is 0 Å². The highest BCUT2D eigenvalue weighted by molar-refractivity contribution is 5.75. The summed E-state index contributed by atoms with van der Waals surface area (Å²) in [5, 5.41) is 0. The second-order valence-corrected chi connectivity index (χ2v) is 4.10. The number of hydrogen-bond acceptors (Lipinski definition) is 6. The Bertz CT molecular complexity index is 398. The normalized spacial score (nSPS) is 27.1. The largest absolute Gasteiger partial charge is 0.466 e. The molecule has 3 atom stereocenters. The van der Waals surface area contributed by atoms with Crippen molar-refractivity contribution in [2.75, 3.05) is 6.61 Å². The fourth-order valence-electron chi connectivity index (χ4n) is 2.16. The van der Waals surface area contributed by atoms with Gasteiger partial charge >= 0.3 is 5.97 Å². The molecule has 1 aliphatic heterocycles. The van der Waals surface area contributed by atoms with E-state index in [1.807, 2.05) is 30.3 Å². The molecule has 1 aromatic carbocycles. The highest BCUT2D eigenvalue weighted by atomic mass is 16.5. The van der Waals surface area contributed by atoms with Gasteiger partial charge in [-0.15, -0.1) is 0 Å². The first-order valence-corrected chi connectivity index (χ1v) is 5.96. The van der Waals surface area contributed by atoms with Crippen LogP contribution in [0.3, 0.4) is 0 Å². The van der Waals surface area contributed by atoms with Crippen molar-refractivity contribution in [1.82, 2.24) is 16.3 Å². The lowest BCUT2D eigenvalue weighted by Crippen LogP contribution is -2.49. The maximum Gasteiger partial charge on any atom is 0.313 e. The van der Waals surface area contributed by atoms with Crippen LogP contribution < -0.4 is 22.1 Å². The van der Waals surface area contributed by atoms with Crippen molar-refractivity contribution in [2.45, 2.75) is 19.1 Å². The van der Waals surface area contributed by atoms with Gasteiger partial charge in [0.1, 0.15) is 5.92 Å². The smallest absolute Gasteiger partial charge is 0.313 e. The summed E-state index contributed by atoms with van der Waals surface area (Å²) in [6.07, 6.45) is -0.353. The molecule has 0 aliphatic carbocycles. The molecular formula is C12H18N4O2. The van der Waals surface area contributed by atoms with E-state index in [9.17, 15) is 4.79 Å². The minimum Gasteiger partial charge on any atom is -0.466 e. The number of nitrogens with one attached hydrogen (secondary N) is 3. The molecule has 1 aromatic rings.